The maximum Gasteiger partial charge on any atom is 0.344 e. The van der Waals surface area contributed by atoms with Gasteiger partial charge in [0.2, 0.25) is 5.91 Å². The molecule has 30 heavy (non-hydrogen) atoms. The van der Waals surface area contributed by atoms with Crippen LogP contribution in [0.3, 0.4) is 0 Å². The lowest BCUT2D eigenvalue weighted by molar-refractivity contribution is -0.385. The minimum atomic E-state index is -1.29. The van der Waals surface area contributed by atoms with Crippen molar-refractivity contribution in [3.8, 4) is 11.5 Å². The number of nitrogens with zero attached hydrogens (tertiary/aromatic N) is 3. The molecule has 1 aliphatic rings. The number of amidine groups is 1. The van der Waals surface area contributed by atoms with E-state index in [4.69, 9.17) is 19.7 Å². The van der Waals surface area contributed by atoms with Gasteiger partial charge in [0.15, 0.2) is 22.8 Å². The number of aliphatic carboxylic acids is 2. The zero-order valence-electron chi connectivity index (χ0n) is 15.6. The van der Waals surface area contributed by atoms with Crippen molar-refractivity contribution in [1.82, 2.24) is 5.32 Å². The second-order valence-corrected chi connectivity index (χ2v) is 6.96. The van der Waals surface area contributed by atoms with Gasteiger partial charge in [0, 0.05) is 11.6 Å². The van der Waals surface area contributed by atoms with Crippen LogP contribution >= 0.6 is 11.8 Å². The van der Waals surface area contributed by atoms with E-state index in [9.17, 15) is 24.5 Å². The molecule has 1 fully saturated rings. The van der Waals surface area contributed by atoms with Crippen molar-refractivity contribution in [3.63, 3.8) is 0 Å². The van der Waals surface area contributed by atoms with E-state index in [0.29, 0.717) is 0 Å². The van der Waals surface area contributed by atoms with E-state index in [1.165, 1.54) is 14.0 Å². The second-order valence-electron chi connectivity index (χ2n) is 5.77. The standard InChI is InChI=1S/C16H16N4O9S/c1-7(15(24)25)29-13-8(3-9(20(26)27)4-10(13)28-2)6-17-19-16-18-14(23)11(30-16)5-12(21)22/h3-4,6-7,11H,5H2,1-2H3,(H,21,22)(H,24,25)(H,18,19,23). The first kappa shape index (κ1) is 22.6. The Morgan fingerprint density at radius 2 is 2.13 bits per heavy atom. The van der Waals surface area contributed by atoms with Crippen LogP contribution in [0, 0.1) is 10.1 Å². The SMILES string of the molecule is COc1cc([N+](=O)[O-])cc(C=NN=C2NC(=O)C(CC(=O)O)S2)c1OC(C)C(=O)O. The number of hydrogen-bond donors (Lipinski definition) is 3. The number of nitro groups is 1. The van der Waals surface area contributed by atoms with Gasteiger partial charge in [-0.15, -0.1) is 5.10 Å². The van der Waals surface area contributed by atoms with Crippen LogP contribution in [0.4, 0.5) is 5.69 Å². The third-order valence-corrected chi connectivity index (χ3v) is 4.70. The van der Waals surface area contributed by atoms with Crippen LogP contribution in [-0.2, 0) is 14.4 Å². The summed E-state index contributed by atoms with van der Waals surface area (Å²) in [5, 5.41) is 38.0. The van der Waals surface area contributed by atoms with E-state index in [2.05, 4.69) is 15.5 Å². The highest BCUT2D eigenvalue weighted by Crippen LogP contribution is 2.35. The molecular weight excluding hydrogens is 424 g/mol. The van der Waals surface area contributed by atoms with Crippen LogP contribution in [-0.4, -0.2) is 62.8 Å². The number of thioether (sulfide) groups is 1. The van der Waals surface area contributed by atoms with E-state index < -0.39 is 40.5 Å². The lowest BCUT2D eigenvalue weighted by Gasteiger charge is -2.15. The van der Waals surface area contributed by atoms with E-state index in [1.807, 2.05) is 0 Å². The van der Waals surface area contributed by atoms with Gasteiger partial charge < -0.3 is 25.0 Å². The van der Waals surface area contributed by atoms with E-state index >= 15 is 0 Å². The lowest BCUT2D eigenvalue weighted by Crippen LogP contribution is -2.26. The first-order valence-corrected chi connectivity index (χ1v) is 9.06. The summed E-state index contributed by atoms with van der Waals surface area (Å²) in [5.41, 5.74) is -0.351. The maximum absolute atomic E-state index is 11.7. The van der Waals surface area contributed by atoms with Crippen molar-refractivity contribution >= 4 is 46.7 Å². The summed E-state index contributed by atoms with van der Waals surface area (Å²) in [5.74, 6) is -3.14. The minimum Gasteiger partial charge on any atom is -0.493 e. The predicted molar refractivity (Wildman–Crippen MR) is 104 cm³/mol. The molecule has 2 unspecified atom stereocenters. The fourth-order valence-electron chi connectivity index (χ4n) is 2.20. The maximum atomic E-state index is 11.7. The van der Waals surface area contributed by atoms with Crippen molar-refractivity contribution in [2.24, 2.45) is 10.2 Å². The van der Waals surface area contributed by atoms with Crippen molar-refractivity contribution in [2.45, 2.75) is 24.7 Å². The first-order chi connectivity index (χ1) is 14.1. The van der Waals surface area contributed by atoms with Crippen LogP contribution < -0.4 is 14.8 Å². The largest absolute Gasteiger partial charge is 0.493 e. The topological polar surface area (TPSA) is 190 Å². The number of rotatable bonds is 9. The third-order valence-electron chi connectivity index (χ3n) is 3.62. The molecule has 13 nitrogen and oxygen atoms in total. The van der Waals surface area contributed by atoms with Gasteiger partial charge in [0.1, 0.15) is 5.25 Å². The molecule has 1 amide bonds. The summed E-state index contributed by atoms with van der Waals surface area (Å²) >= 11 is 0.870. The van der Waals surface area contributed by atoms with E-state index in [-0.39, 0.29) is 27.9 Å². The van der Waals surface area contributed by atoms with Crippen molar-refractivity contribution in [3.05, 3.63) is 27.8 Å². The van der Waals surface area contributed by atoms with Crippen LogP contribution in [0.25, 0.3) is 0 Å². The lowest BCUT2D eigenvalue weighted by atomic mass is 10.1. The fourth-order valence-corrected chi connectivity index (χ4v) is 3.12. The number of nitro benzene ring substituents is 1. The second kappa shape index (κ2) is 9.69. The van der Waals surface area contributed by atoms with E-state index in [1.54, 1.807) is 0 Å². The van der Waals surface area contributed by atoms with Crippen LogP contribution in [0.5, 0.6) is 11.5 Å². The highest BCUT2D eigenvalue weighted by Gasteiger charge is 2.32. The van der Waals surface area contributed by atoms with Gasteiger partial charge in [-0.25, -0.2) is 4.79 Å². The van der Waals surface area contributed by atoms with E-state index in [0.717, 1.165) is 30.1 Å². The minimum absolute atomic E-state index is 0.00918. The summed E-state index contributed by atoms with van der Waals surface area (Å²) in [7, 11) is 1.23. The van der Waals surface area contributed by atoms with Crippen molar-refractivity contribution in [1.29, 1.82) is 0 Å². The smallest absolute Gasteiger partial charge is 0.344 e. The van der Waals surface area contributed by atoms with Gasteiger partial charge in [-0.05, 0) is 6.92 Å². The normalized spacial score (nSPS) is 18.3. The van der Waals surface area contributed by atoms with Crippen LogP contribution in [0.2, 0.25) is 0 Å². The number of carbonyl (C=O) groups excluding carboxylic acids is 1. The average Bonchev–Trinajstić information content (AvgIpc) is 3.00. The molecule has 2 atom stereocenters. The highest BCUT2D eigenvalue weighted by molar-refractivity contribution is 8.15. The molecule has 1 saturated heterocycles. The Morgan fingerprint density at radius 1 is 1.43 bits per heavy atom. The van der Waals surface area contributed by atoms with Gasteiger partial charge in [-0.2, -0.15) is 5.10 Å². The number of methoxy groups -OCH3 is 1. The van der Waals surface area contributed by atoms with Gasteiger partial charge in [-0.3, -0.25) is 19.7 Å². The molecule has 3 N–H and O–H groups in total. The number of ether oxygens (including phenoxy) is 2. The predicted octanol–water partition coefficient (Wildman–Crippen LogP) is 0.851. The average molecular weight is 440 g/mol. The number of hydrogen-bond acceptors (Lipinski definition) is 10. The Kier molecular flexibility index (Phi) is 7.30. The first-order valence-electron chi connectivity index (χ1n) is 8.18. The number of benzene rings is 1. The number of carbonyl (C=O) groups is 3. The molecule has 2 rings (SSSR count). The number of carboxylic acid groups (broad SMARTS) is 2. The number of nitrogens with one attached hydrogen (secondary N) is 1. The zero-order valence-corrected chi connectivity index (χ0v) is 16.4. The molecule has 0 bridgehead atoms. The molecule has 0 saturated carbocycles. The molecule has 1 aromatic carbocycles. The molecule has 0 spiro atoms. The summed E-state index contributed by atoms with van der Waals surface area (Å²) in [6.07, 6.45) is -0.629. The molecule has 0 radical (unpaired) electrons. The number of non-ortho nitro benzene ring substituents is 1. The third kappa shape index (κ3) is 5.66. The van der Waals surface area contributed by atoms with Crippen molar-refractivity contribution < 1.29 is 39.0 Å². The van der Waals surface area contributed by atoms with Gasteiger partial charge in [0.25, 0.3) is 5.69 Å². The molecule has 0 aliphatic carbocycles. The zero-order chi connectivity index (χ0) is 22.4. The number of amides is 1. The molecule has 1 aromatic rings. The summed E-state index contributed by atoms with van der Waals surface area (Å²) in [6.45, 7) is 1.26. The Morgan fingerprint density at radius 3 is 2.70 bits per heavy atom. The molecule has 1 heterocycles. The summed E-state index contributed by atoms with van der Waals surface area (Å²) < 4.78 is 10.4. The molecule has 14 heteroatoms. The Balaban J connectivity index is 2.35. The molecule has 160 valence electrons. The van der Waals surface area contributed by atoms with Crippen LogP contribution in [0.15, 0.2) is 22.3 Å². The highest BCUT2D eigenvalue weighted by atomic mass is 32.2. The fraction of sp³-hybridized carbons (Fsp3) is 0.312. The molecule has 1 aliphatic heterocycles. The van der Waals surface area contributed by atoms with Gasteiger partial charge >= 0.3 is 11.9 Å². The number of carboxylic acids is 2. The summed E-state index contributed by atoms with van der Waals surface area (Å²) in [4.78, 5) is 44.0. The van der Waals surface area contributed by atoms with Crippen LogP contribution in [0.1, 0.15) is 18.9 Å². The van der Waals surface area contributed by atoms with Crippen molar-refractivity contribution in [2.75, 3.05) is 7.11 Å². The van der Waals surface area contributed by atoms with Gasteiger partial charge in [0.05, 0.1) is 30.7 Å². The molecule has 0 aromatic heterocycles. The Bertz CT molecular complexity index is 947. The Hall–Kier alpha value is -3.68. The quantitative estimate of drug-likeness (QED) is 0.282. The summed E-state index contributed by atoms with van der Waals surface area (Å²) in [6, 6.07) is 2.15. The monoisotopic (exact) mass is 440 g/mol. The Labute approximate surface area is 172 Å². The van der Waals surface area contributed by atoms with Gasteiger partial charge in [-0.1, -0.05) is 11.8 Å². The molecular formula is C16H16N4O9S.